The van der Waals surface area contributed by atoms with Crippen molar-refractivity contribution in [3.8, 4) is 16.9 Å². The molecule has 0 atom stereocenters. The van der Waals surface area contributed by atoms with Crippen molar-refractivity contribution >= 4 is 19.2 Å². The van der Waals surface area contributed by atoms with Gasteiger partial charge in [-0.05, 0) is 23.8 Å². The average molecular weight is 340 g/mol. The van der Waals surface area contributed by atoms with Gasteiger partial charge in [-0.1, -0.05) is 0 Å². The zero-order valence-electron chi connectivity index (χ0n) is 11.2. The normalized spacial score (nSPS) is 11.0. The molecule has 0 aliphatic carbocycles. The van der Waals surface area contributed by atoms with Crippen molar-refractivity contribution in [3.05, 3.63) is 62.7 Å². The van der Waals surface area contributed by atoms with E-state index in [0.717, 1.165) is 30.3 Å². The third-order valence-corrected chi connectivity index (χ3v) is 3.21. The molecule has 0 fully saturated rings. The Morgan fingerprint density at radius 2 is 1.43 bits per heavy atom. The van der Waals surface area contributed by atoms with E-state index in [0.29, 0.717) is 0 Å². The van der Waals surface area contributed by atoms with Crippen LogP contribution in [-0.4, -0.2) is 19.6 Å². The Hall–Kier alpha value is -2.81. The molecule has 0 amide bonds. The van der Waals surface area contributed by atoms with Crippen molar-refractivity contribution in [2.75, 3.05) is 0 Å². The Balaban J connectivity index is 2.56. The summed E-state index contributed by atoms with van der Waals surface area (Å²) in [7, 11) is -4.88. The highest BCUT2D eigenvalue weighted by Crippen LogP contribution is 2.43. The molecule has 23 heavy (non-hydrogen) atoms. The molecular weight excluding hydrogens is 331 g/mol. The fourth-order valence-corrected chi connectivity index (χ4v) is 2.24. The summed E-state index contributed by atoms with van der Waals surface area (Å²) in [5.74, 6) is -0.280. The first-order valence-electron chi connectivity index (χ1n) is 5.96. The maximum atomic E-state index is 11.0. The number of rotatable bonds is 5. The molecule has 0 aliphatic heterocycles. The summed E-state index contributed by atoms with van der Waals surface area (Å²) in [6, 6.07) is 8.05. The molecule has 11 heteroatoms. The van der Waals surface area contributed by atoms with Crippen LogP contribution < -0.4 is 4.52 Å². The molecule has 0 spiro atoms. The number of nitro groups is 2. The van der Waals surface area contributed by atoms with Crippen molar-refractivity contribution in [2.45, 2.75) is 0 Å². The zero-order chi connectivity index (χ0) is 17.2. The van der Waals surface area contributed by atoms with Gasteiger partial charge in [-0.15, -0.1) is 0 Å². The number of phosphoric acid groups is 1. The highest BCUT2D eigenvalue weighted by Gasteiger charge is 2.21. The van der Waals surface area contributed by atoms with E-state index >= 15 is 0 Å². The molecule has 2 rings (SSSR count). The molecule has 0 bridgehead atoms. The molecule has 0 radical (unpaired) electrons. The SMILES string of the molecule is O=[N+]([O-])c1ccc(-c2cc([N+](=O)[O-])ccc2OP(=O)(O)O)cc1. The predicted octanol–water partition coefficient (Wildman–Crippen LogP) is 2.64. The van der Waals surface area contributed by atoms with E-state index < -0.39 is 17.7 Å². The molecule has 0 aliphatic rings. The molecule has 120 valence electrons. The van der Waals surface area contributed by atoms with Gasteiger partial charge in [0.05, 0.1) is 9.85 Å². The number of hydrogen-bond acceptors (Lipinski definition) is 6. The number of benzene rings is 2. The maximum absolute atomic E-state index is 11.0. The van der Waals surface area contributed by atoms with Crippen molar-refractivity contribution in [2.24, 2.45) is 0 Å². The molecule has 10 nitrogen and oxygen atoms in total. The first-order valence-corrected chi connectivity index (χ1v) is 7.49. The van der Waals surface area contributed by atoms with E-state index in [4.69, 9.17) is 9.79 Å². The third kappa shape index (κ3) is 4.10. The van der Waals surface area contributed by atoms with Crippen LogP contribution in [0.15, 0.2) is 42.5 Å². The van der Waals surface area contributed by atoms with Crippen LogP contribution >= 0.6 is 7.82 Å². The van der Waals surface area contributed by atoms with Gasteiger partial charge in [0.1, 0.15) is 5.75 Å². The van der Waals surface area contributed by atoms with Crippen LogP contribution in [0.4, 0.5) is 11.4 Å². The molecule has 2 aromatic carbocycles. The quantitative estimate of drug-likeness (QED) is 0.478. The lowest BCUT2D eigenvalue weighted by atomic mass is 10.0. The Bertz CT molecular complexity index is 814. The van der Waals surface area contributed by atoms with Crippen molar-refractivity contribution in [1.29, 1.82) is 0 Å². The maximum Gasteiger partial charge on any atom is 0.524 e. The van der Waals surface area contributed by atoms with Crippen LogP contribution in [-0.2, 0) is 4.57 Å². The summed E-state index contributed by atoms with van der Waals surface area (Å²) in [6.45, 7) is 0. The lowest BCUT2D eigenvalue weighted by molar-refractivity contribution is -0.384. The van der Waals surface area contributed by atoms with Gasteiger partial charge in [0.2, 0.25) is 0 Å². The van der Waals surface area contributed by atoms with Gasteiger partial charge in [-0.25, -0.2) is 4.57 Å². The number of nitrogens with zero attached hydrogens (tertiary/aromatic N) is 2. The van der Waals surface area contributed by atoms with Crippen molar-refractivity contribution in [1.82, 2.24) is 0 Å². The van der Waals surface area contributed by atoms with Crippen LogP contribution in [0.2, 0.25) is 0 Å². The Morgan fingerprint density at radius 3 is 1.91 bits per heavy atom. The highest BCUT2D eigenvalue weighted by molar-refractivity contribution is 7.46. The first-order chi connectivity index (χ1) is 10.7. The zero-order valence-corrected chi connectivity index (χ0v) is 12.1. The summed E-state index contributed by atoms with van der Waals surface area (Å²) in [6.07, 6.45) is 0. The van der Waals surface area contributed by atoms with E-state index in [1.54, 1.807) is 0 Å². The van der Waals surface area contributed by atoms with Crippen molar-refractivity contribution < 1.29 is 28.7 Å². The van der Waals surface area contributed by atoms with Gasteiger partial charge in [0.15, 0.2) is 0 Å². The van der Waals surface area contributed by atoms with Crippen LogP contribution in [0, 0.1) is 20.2 Å². The number of nitro benzene ring substituents is 2. The van der Waals surface area contributed by atoms with Crippen LogP contribution in [0.5, 0.6) is 5.75 Å². The summed E-state index contributed by atoms with van der Waals surface area (Å²) < 4.78 is 15.5. The van der Waals surface area contributed by atoms with E-state index in [9.17, 15) is 24.8 Å². The Kier molecular flexibility index (Phi) is 4.41. The minimum atomic E-state index is -4.88. The van der Waals surface area contributed by atoms with Gasteiger partial charge >= 0.3 is 7.82 Å². The summed E-state index contributed by atoms with van der Waals surface area (Å²) in [4.78, 5) is 38.0. The summed E-state index contributed by atoms with van der Waals surface area (Å²) in [5.41, 5.74) is -0.228. The van der Waals surface area contributed by atoms with E-state index in [2.05, 4.69) is 4.52 Å². The number of hydrogen-bond donors (Lipinski definition) is 2. The minimum Gasteiger partial charge on any atom is -0.404 e. The first kappa shape index (κ1) is 16.6. The Morgan fingerprint density at radius 1 is 0.913 bits per heavy atom. The second kappa shape index (κ2) is 6.13. The lowest BCUT2D eigenvalue weighted by Gasteiger charge is -2.11. The largest absolute Gasteiger partial charge is 0.524 e. The van der Waals surface area contributed by atoms with Gasteiger partial charge in [-0.3, -0.25) is 30.0 Å². The van der Waals surface area contributed by atoms with E-state index in [1.807, 2.05) is 0 Å². The average Bonchev–Trinajstić information content (AvgIpc) is 2.46. The molecule has 2 N–H and O–H groups in total. The van der Waals surface area contributed by atoms with E-state index in [-0.39, 0.29) is 28.3 Å². The van der Waals surface area contributed by atoms with Gasteiger partial charge in [-0.2, -0.15) is 0 Å². The summed E-state index contributed by atoms with van der Waals surface area (Å²) >= 11 is 0. The molecule has 0 saturated carbocycles. The third-order valence-electron chi connectivity index (χ3n) is 2.78. The second-order valence-corrected chi connectivity index (χ2v) is 5.49. The van der Waals surface area contributed by atoms with Gasteiger partial charge in [0, 0.05) is 29.8 Å². The predicted molar refractivity (Wildman–Crippen MR) is 77.9 cm³/mol. The molecule has 0 heterocycles. The number of phosphoric ester groups is 1. The highest BCUT2D eigenvalue weighted by atomic mass is 31.2. The fraction of sp³-hybridized carbons (Fsp3) is 0. The minimum absolute atomic E-state index is 0.0254. The second-order valence-electron chi connectivity index (χ2n) is 4.32. The van der Waals surface area contributed by atoms with Gasteiger partial charge < -0.3 is 4.52 Å². The number of non-ortho nitro benzene ring substituents is 2. The molecule has 0 unspecified atom stereocenters. The van der Waals surface area contributed by atoms with Crippen molar-refractivity contribution in [3.63, 3.8) is 0 Å². The van der Waals surface area contributed by atoms with Crippen LogP contribution in [0.1, 0.15) is 0 Å². The summed E-state index contributed by atoms with van der Waals surface area (Å²) in [5, 5.41) is 21.5. The van der Waals surface area contributed by atoms with E-state index in [1.165, 1.54) is 12.1 Å². The lowest BCUT2D eigenvalue weighted by Crippen LogP contribution is -1.95. The van der Waals surface area contributed by atoms with Crippen LogP contribution in [0.3, 0.4) is 0 Å². The smallest absolute Gasteiger partial charge is 0.404 e. The monoisotopic (exact) mass is 340 g/mol. The molecule has 0 saturated heterocycles. The van der Waals surface area contributed by atoms with Crippen LogP contribution in [0.25, 0.3) is 11.1 Å². The molecule has 2 aromatic rings. The standard InChI is InChI=1S/C12H9N2O8P/c15-13(16)9-3-1-8(2-4-9)11-7-10(14(17)18)5-6-12(11)22-23(19,20)21/h1-7H,(H2,19,20,21). The van der Waals surface area contributed by atoms with Gasteiger partial charge in [0.25, 0.3) is 11.4 Å². The topological polar surface area (TPSA) is 153 Å². The molecule has 0 aromatic heterocycles. The molecular formula is C12H9N2O8P. The fourth-order valence-electron chi connectivity index (χ4n) is 1.83. The Labute approximate surface area is 128 Å².